The van der Waals surface area contributed by atoms with Gasteiger partial charge in [0.1, 0.15) is 6.04 Å². The van der Waals surface area contributed by atoms with Crippen LogP contribution in [-0.4, -0.2) is 36.2 Å². The Morgan fingerprint density at radius 1 is 1.24 bits per heavy atom. The summed E-state index contributed by atoms with van der Waals surface area (Å²) >= 11 is 0. The number of aryl methyl sites for hydroxylation is 2. The summed E-state index contributed by atoms with van der Waals surface area (Å²) in [4.78, 5) is 41.7. The number of carboxylic acid groups (broad SMARTS) is 1. The first-order chi connectivity index (χ1) is 11.9. The molecule has 0 radical (unpaired) electrons. The number of H-pyrrole nitrogens is 1. The number of carbonyl (C=O) groups is 1. The van der Waals surface area contributed by atoms with Gasteiger partial charge in [0.2, 0.25) is 5.95 Å². The monoisotopic (exact) mass is 343 g/mol. The van der Waals surface area contributed by atoms with Gasteiger partial charge in [0.05, 0.1) is 0 Å². The SMILES string of the molecule is Cn1c(N[C@H](Cc2ccccc2)C(=O)O)nc2c1c(=O)[nH]c(=O)n2C. The fourth-order valence-corrected chi connectivity index (χ4v) is 2.64. The van der Waals surface area contributed by atoms with E-state index in [2.05, 4.69) is 15.3 Å². The smallest absolute Gasteiger partial charge is 0.329 e. The highest BCUT2D eigenvalue weighted by molar-refractivity contribution is 5.79. The van der Waals surface area contributed by atoms with Crippen molar-refractivity contribution in [2.24, 2.45) is 14.1 Å². The maximum atomic E-state index is 12.0. The molecule has 0 unspecified atom stereocenters. The fraction of sp³-hybridized carbons (Fsp3) is 0.250. The van der Waals surface area contributed by atoms with Gasteiger partial charge >= 0.3 is 11.7 Å². The lowest BCUT2D eigenvalue weighted by molar-refractivity contribution is -0.137. The Morgan fingerprint density at radius 2 is 1.92 bits per heavy atom. The zero-order chi connectivity index (χ0) is 18.1. The Morgan fingerprint density at radius 3 is 2.56 bits per heavy atom. The second kappa shape index (κ2) is 6.27. The molecule has 1 atom stereocenters. The molecule has 1 aromatic carbocycles. The van der Waals surface area contributed by atoms with Crippen LogP contribution < -0.4 is 16.6 Å². The molecule has 0 bridgehead atoms. The van der Waals surface area contributed by atoms with Gasteiger partial charge in [0.15, 0.2) is 11.2 Å². The summed E-state index contributed by atoms with van der Waals surface area (Å²) in [5.74, 6) is -0.844. The lowest BCUT2D eigenvalue weighted by Crippen LogP contribution is -2.32. The molecule has 3 aromatic rings. The standard InChI is InChI=1S/C16H17N5O4/c1-20-11-12(21(2)16(25)19-13(11)22)18-15(20)17-10(14(23)24)8-9-6-4-3-5-7-9/h3-7,10H,8H2,1-2H3,(H,17,18)(H,23,24)(H,19,22,25)/t10-/m1/s1. The van der Waals surface area contributed by atoms with Crippen LogP contribution in [0.2, 0.25) is 0 Å². The van der Waals surface area contributed by atoms with Crippen LogP contribution in [0.4, 0.5) is 5.95 Å². The number of fused-ring (bicyclic) bond motifs is 1. The van der Waals surface area contributed by atoms with E-state index < -0.39 is 23.3 Å². The van der Waals surface area contributed by atoms with Gasteiger partial charge in [0, 0.05) is 20.5 Å². The van der Waals surface area contributed by atoms with Gasteiger partial charge in [-0.3, -0.25) is 14.3 Å². The van der Waals surface area contributed by atoms with Crippen LogP contribution in [0.3, 0.4) is 0 Å². The summed E-state index contributed by atoms with van der Waals surface area (Å²) in [7, 11) is 3.06. The van der Waals surface area contributed by atoms with Crippen molar-refractivity contribution in [2.45, 2.75) is 12.5 Å². The van der Waals surface area contributed by atoms with Crippen molar-refractivity contribution in [3.63, 3.8) is 0 Å². The minimum absolute atomic E-state index is 0.183. The zero-order valence-corrected chi connectivity index (χ0v) is 13.7. The van der Waals surface area contributed by atoms with Gasteiger partial charge in [-0.05, 0) is 5.56 Å². The van der Waals surface area contributed by atoms with Gasteiger partial charge < -0.3 is 15.0 Å². The molecule has 3 N–H and O–H groups in total. The number of benzene rings is 1. The number of nitrogens with zero attached hydrogens (tertiary/aromatic N) is 3. The van der Waals surface area contributed by atoms with E-state index >= 15 is 0 Å². The van der Waals surface area contributed by atoms with E-state index in [-0.39, 0.29) is 23.5 Å². The number of imidazole rings is 1. The topological polar surface area (TPSA) is 122 Å². The second-order valence-electron chi connectivity index (χ2n) is 5.71. The highest BCUT2D eigenvalue weighted by atomic mass is 16.4. The molecule has 0 saturated heterocycles. The van der Waals surface area contributed by atoms with Gasteiger partial charge in [-0.25, -0.2) is 9.59 Å². The summed E-state index contributed by atoms with van der Waals surface area (Å²) in [5.41, 5.74) is 0.0692. The van der Waals surface area contributed by atoms with E-state index in [0.29, 0.717) is 0 Å². The van der Waals surface area contributed by atoms with Crippen molar-refractivity contribution in [1.29, 1.82) is 0 Å². The Balaban J connectivity index is 2.01. The normalized spacial score (nSPS) is 12.2. The predicted octanol–water partition coefficient (Wildman–Crippen LogP) is 0.0681. The second-order valence-corrected chi connectivity index (χ2v) is 5.71. The number of nitrogens with one attached hydrogen (secondary N) is 2. The van der Waals surface area contributed by atoms with Crippen molar-refractivity contribution in [3.8, 4) is 0 Å². The van der Waals surface area contributed by atoms with Crippen molar-refractivity contribution < 1.29 is 9.90 Å². The molecule has 0 fully saturated rings. The molecule has 0 saturated carbocycles. The number of carboxylic acids is 1. The Labute approximate surface area is 141 Å². The van der Waals surface area contributed by atoms with E-state index in [4.69, 9.17) is 0 Å². The van der Waals surface area contributed by atoms with Crippen LogP contribution >= 0.6 is 0 Å². The van der Waals surface area contributed by atoms with E-state index in [1.807, 2.05) is 30.3 Å². The maximum absolute atomic E-state index is 12.0. The number of aliphatic carboxylic acids is 1. The zero-order valence-electron chi connectivity index (χ0n) is 13.7. The summed E-state index contributed by atoms with van der Waals surface area (Å²) < 4.78 is 2.64. The first-order valence-corrected chi connectivity index (χ1v) is 7.57. The molecule has 130 valence electrons. The molecular formula is C16H17N5O4. The quantitative estimate of drug-likeness (QED) is 0.602. The molecule has 0 amide bonds. The van der Waals surface area contributed by atoms with Gasteiger partial charge in [-0.1, -0.05) is 30.3 Å². The number of aromatic amines is 1. The van der Waals surface area contributed by atoms with Crippen LogP contribution in [0.5, 0.6) is 0 Å². The minimum atomic E-state index is -1.04. The van der Waals surface area contributed by atoms with Crippen molar-refractivity contribution >= 4 is 23.1 Å². The third-order valence-electron chi connectivity index (χ3n) is 4.02. The number of rotatable bonds is 5. The maximum Gasteiger partial charge on any atom is 0.329 e. The third-order valence-corrected chi connectivity index (χ3v) is 4.02. The van der Waals surface area contributed by atoms with E-state index in [9.17, 15) is 19.5 Å². The van der Waals surface area contributed by atoms with Crippen LogP contribution in [0, 0.1) is 0 Å². The average Bonchev–Trinajstić information content (AvgIpc) is 2.90. The largest absolute Gasteiger partial charge is 0.480 e. The third kappa shape index (κ3) is 3.03. The summed E-state index contributed by atoms with van der Waals surface area (Å²) in [6.45, 7) is 0. The molecule has 0 spiro atoms. The molecule has 3 rings (SSSR count). The molecule has 9 nitrogen and oxygen atoms in total. The lowest BCUT2D eigenvalue weighted by Gasteiger charge is -2.15. The van der Waals surface area contributed by atoms with E-state index in [1.54, 1.807) is 7.05 Å². The Kier molecular flexibility index (Phi) is 4.14. The number of hydrogen-bond acceptors (Lipinski definition) is 5. The molecular weight excluding hydrogens is 326 g/mol. The van der Waals surface area contributed by atoms with E-state index in [0.717, 1.165) is 5.56 Å². The van der Waals surface area contributed by atoms with Crippen molar-refractivity contribution in [1.82, 2.24) is 19.1 Å². The molecule has 2 heterocycles. The number of anilines is 1. The fourth-order valence-electron chi connectivity index (χ4n) is 2.64. The molecule has 2 aromatic heterocycles. The molecule has 9 heteroatoms. The summed E-state index contributed by atoms with van der Waals surface area (Å²) in [6, 6.07) is 8.25. The van der Waals surface area contributed by atoms with Gasteiger partial charge in [0.25, 0.3) is 5.56 Å². The number of hydrogen-bond donors (Lipinski definition) is 3. The highest BCUT2D eigenvalue weighted by Gasteiger charge is 2.22. The van der Waals surface area contributed by atoms with Crippen LogP contribution in [0.15, 0.2) is 39.9 Å². The Hall–Kier alpha value is -3.36. The molecule has 0 aliphatic rings. The predicted molar refractivity (Wildman–Crippen MR) is 91.8 cm³/mol. The molecule has 0 aliphatic heterocycles. The first kappa shape index (κ1) is 16.5. The first-order valence-electron chi connectivity index (χ1n) is 7.57. The van der Waals surface area contributed by atoms with Crippen molar-refractivity contribution in [3.05, 3.63) is 56.7 Å². The van der Waals surface area contributed by atoms with Crippen LogP contribution in [0.1, 0.15) is 5.56 Å². The molecule has 25 heavy (non-hydrogen) atoms. The van der Waals surface area contributed by atoms with Crippen LogP contribution in [0.25, 0.3) is 11.2 Å². The summed E-state index contributed by atoms with van der Waals surface area (Å²) in [5, 5.41) is 12.3. The number of aromatic nitrogens is 4. The highest BCUT2D eigenvalue weighted by Crippen LogP contribution is 2.15. The Bertz CT molecular complexity index is 1050. The van der Waals surface area contributed by atoms with E-state index in [1.165, 1.54) is 16.2 Å². The van der Waals surface area contributed by atoms with Crippen LogP contribution in [-0.2, 0) is 25.3 Å². The van der Waals surface area contributed by atoms with Gasteiger partial charge in [-0.15, -0.1) is 0 Å². The minimum Gasteiger partial charge on any atom is -0.480 e. The molecule has 0 aliphatic carbocycles. The van der Waals surface area contributed by atoms with Crippen molar-refractivity contribution in [2.75, 3.05) is 5.32 Å². The average molecular weight is 343 g/mol. The lowest BCUT2D eigenvalue weighted by atomic mass is 10.1. The van der Waals surface area contributed by atoms with Gasteiger partial charge in [-0.2, -0.15) is 4.98 Å². The summed E-state index contributed by atoms with van der Waals surface area (Å²) in [6.07, 6.45) is 0.245.